The summed E-state index contributed by atoms with van der Waals surface area (Å²) < 4.78 is 0. The first-order chi connectivity index (χ1) is 6.36. The van der Waals surface area contributed by atoms with E-state index >= 15 is 0 Å². The maximum absolute atomic E-state index is 4.73. The minimum atomic E-state index is 0.560. The molecule has 4 saturated carbocycles. The van der Waals surface area contributed by atoms with Crippen LogP contribution < -0.4 is 0 Å². The lowest BCUT2D eigenvalue weighted by Crippen LogP contribution is -2.47. The maximum Gasteiger partial charge on any atom is 0.0659 e. The third-order valence-electron chi connectivity index (χ3n) is 4.38. The van der Waals surface area contributed by atoms with Crippen LogP contribution in [0.5, 0.6) is 0 Å². The molecule has 4 aliphatic rings. The summed E-state index contributed by atoms with van der Waals surface area (Å²) in [6.45, 7) is 0. The second-order valence-corrected chi connectivity index (χ2v) is 5.32. The van der Waals surface area contributed by atoms with Crippen LogP contribution in [0.2, 0.25) is 0 Å². The first-order valence-corrected chi connectivity index (χ1v) is 5.84. The van der Waals surface area contributed by atoms with Crippen LogP contribution in [0.1, 0.15) is 32.1 Å². The van der Waals surface area contributed by atoms with Gasteiger partial charge < -0.3 is 0 Å². The minimum Gasteiger partial charge on any atom is -0.229 e. The van der Waals surface area contributed by atoms with E-state index in [-0.39, 0.29) is 0 Å². The first-order valence-electron chi connectivity index (χ1n) is 5.44. The van der Waals surface area contributed by atoms with Crippen LogP contribution in [-0.2, 0) is 0 Å². The second-order valence-electron chi connectivity index (χ2n) is 5.14. The van der Waals surface area contributed by atoms with Crippen molar-refractivity contribution in [2.45, 2.75) is 38.1 Å². The van der Waals surface area contributed by atoms with Crippen molar-refractivity contribution in [3.63, 3.8) is 0 Å². The Hall–Kier alpha value is -0.200. The number of thiocarbonyl (C=S) groups is 1. The Morgan fingerprint density at radius 1 is 0.923 bits per heavy atom. The van der Waals surface area contributed by atoms with E-state index in [2.05, 4.69) is 10.2 Å². The molecule has 0 N–H and O–H groups in total. The predicted octanol–water partition coefficient (Wildman–Crippen LogP) is 2.91. The fourth-order valence-corrected chi connectivity index (χ4v) is 4.29. The molecule has 0 aliphatic heterocycles. The Bertz CT molecular complexity index is 239. The molecule has 0 aromatic carbocycles. The minimum absolute atomic E-state index is 0.560. The Balaban J connectivity index is 1.89. The van der Waals surface area contributed by atoms with E-state index in [1.165, 1.54) is 32.1 Å². The van der Waals surface area contributed by atoms with E-state index in [0.717, 1.165) is 23.7 Å². The Kier molecular flexibility index (Phi) is 1.81. The van der Waals surface area contributed by atoms with Crippen LogP contribution in [0.3, 0.4) is 0 Å². The lowest BCUT2D eigenvalue weighted by Gasteiger charge is -2.52. The highest BCUT2D eigenvalue weighted by molar-refractivity contribution is 7.78. The molecule has 70 valence electrons. The average Bonchev–Trinajstić information content (AvgIpc) is 2.10. The third kappa shape index (κ3) is 1.19. The number of nitrogens with zero attached hydrogens (tertiary/aromatic N) is 1. The highest BCUT2D eigenvalue weighted by Gasteiger charge is 2.48. The maximum atomic E-state index is 4.73. The van der Waals surface area contributed by atoms with Crippen molar-refractivity contribution in [2.24, 2.45) is 28.7 Å². The largest absolute Gasteiger partial charge is 0.229 e. The molecule has 4 fully saturated rings. The fourth-order valence-electron chi connectivity index (χ4n) is 4.17. The Labute approximate surface area is 84.6 Å². The highest BCUT2D eigenvalue weighted by Crippen LogP contribution is 2.54. The van der Waals surface area contributed by atoms with Crippen molar-refractivity contribution >= 4 is 17.4 Å². The van der Waals surface area contributed by atoms with Crippen molar-refractivity contribution in [2.75, 3.05) is 0 Å². The monoisotopic (exact) mass is 193 g/mol. The summed E-state index contributed by atoms with van der Waals surface area (Å²) in [7, 11) is 0. The standard InChI is InChI=1S/C11H15NS/c13-6-12-11-9-2-7-1-8(4-9)5-10(11)3-7/h7-11H,1-5H2. The van der Waals surface area contributed by atoms with Crippen LogP contribution >= 0.6 is 12.2 Å². The number of isothiocyanates is 1. The topological polar surface area (TPSA) is 12.4 Å². The van der Waals surface area contributed by atoms with Crippen molar-refractivity contribution in [1.82, 2.24) is 0 Å². The van der Waals surface area contributed by atoms with Crippen LogP contribution in [0.4, 0.5) is 0 Å². The van der Waals surface area contributed by atoms with E-state index in [0.29, 0.717) is 6.04 Å². The van der Waals surface area contributed by atoms with Gasteiger partial charge in [0, 0.05) is 0 Å². The molecule has 4 rings (SSSR count). The summed E-state index contributed by atoms with van der Waals surface area (Å²) in [5, 5.41) is 2.60. The zero-order valence-corrected chi connectivity index (χ0v) is 8.59. The Morgan fingerprint density at radius 2 is 1.46 bits per heavy atom. The van der Waals surface area contributed by atoms with Crippen LogP contribution in [0, 0.1) is 23.7 Å². The molecule has 0 aromatic heterocycles. The van der Waals surface area contributed by atoms with Crippen molar-refractivity contribution in [3.05, 3.63) is 0 Å². The van der Waals surface area contributed by atoms with Crippen molar-refractivity contribution in [3.8, 4) is 0 Å². The lowest BCUT2D eigenvalue weighted by molar-refractivity contribution is 0.00157. The van der Waals surface area contributed by atoms with Gasteiger partial charge in [-0.15, -0.1) is 0 Å². The zero-order chi connectivity index (χ0) is 8.84. The van der Waals surface area contributed by atoms with Crippen molar-refractivity contribution < 1.29 is 0 Å². The quantitative estimate of drug-likeness (QED) is 0.461. The van der Waals surface area contributed by atoms with Crippen LogP contribution in [0.25, 0.3) is 0 Å². The molecule has 0 unspecified atom stereocenters. The normalized spacial score (nSPS) is 51.8. The zero-order valence-electron chi connectivity index (χ0n) is 7.78. The first kappa shape index (κ1) is 8.14. The molecule has 0 saturated heterocycles. The molecule has 4 bridgehead atoms. The molecular weight excluding hydrogens is 178 g/mol. The van der Waals surface area contributed by atoms with Gasteiger partial charge in [-0.05, 0) is 68.0 Å². The number of aliphatic imine (C=N–C) groups is 1. The van der Waals surface area contributed by atoms with Gasteiger partial charge in [-0.1, -0.05) is 0 Å². The highest BCUT2D eigenvalue weighted by atomic mass is 32.1. The van der Waals surface area contributed by atoms with Gasteiger partial charge in [0.05, 0.1) is 11.2 Å². The van der Waals surface area contributed by atoms with Crippen molar-refractivity contribution in [1.29, 1.82) is 0 Å². The smallest absolute Gasteiger partial charge is 0.0659 e. The summed E-state index contributed by atoms with van der Waals surface area (Å²) in [6, 6.07) is 0.560. The molecule has 1 nitrogen and oxygen atoms in total. The van der Waals surface area contributed by atoms with Gasteiger partial charge in [0.2, 0.25) is 0 Å². The van der Waals surface area contributed by atoms with E-state index in [1.54, 1.807) is 0 Å². The number of hydrogen-bond donors (Lipinski definition) is 0. The molecule has 0 aromatic rings. The lowest BCUT2D eigenvalue weighted by atomic mass is 9.54. The van der Waals surface area contributed by atoms with Gasteiger partial charge in [0.1, 0.15) is 0 Å². The number of rotatable bonds is 1. The molecule has 2 heteroatoms. The molecule has 4 aliphatic carbocycles. The summed E-state index contributed by atoms with van der Waals surface area (Å²) >= 11 is 4.73. The molecule has 0 spiro atoms. The summed E-state index contributed by atoms with van der Waals surface area (Å²) in [5.74, 6) is 3.82. The van der Waals surface area contributed by atoms with Crippen LogP contribution in [0.15, 0.2) is 4.99 Å². The summed E-state index contributed by atoms with van der Waals surface area (Å²) in [4.78, 5) is 4.39. The van der Waals surface area contributed by atoms with E-state index in [9.17, 15) is 0 Å². The van der Waals surface area contributed by atoms with Gasteiger partial charge in [-0.3, -0.25) is 0 Å². The van der Waals surface area contributed by atoms with Gasteiger partial charge in [-0.25, -0.2) is 4.99 Å². The number of hydrogen-bond acceptors (Lipinski definition) is 2. The van der Waals surface area contributed by atoms with Gasteiger partial charge in [0.25, 0.3) is 0 Å². The molecule has 0 atom stereocenters. The molecular formula is C11H15NS. The second kappa shape index (κ2) is 2.90. The average molecular weight is 193 g/mol. The van der Waals surface area contributed by atoms with Crippen LogP contribution in [-0.4, -0.2) is 11.2 Å². The SMILES string of the molecule is S=C=NC1C2CC3CC(C2)CC1C3. The van der Waals surface area contributed by atoms with Gasteiger partial charge >= 0.3 is 0 Å². The summed E-state index contributed by atoms with van der Waals surface area (Å²) in [6.07, 6.45) is 7.23. The Morgan fingerprint density at radius 3 is 1.92 bits per heavy atom. The van der Waals surface area contributed by atoms with E-state index in [1.807, 2.05) is 0 Å². The molecule has 13 heavy (non-hydrogen) atoms. The van der Waals surface area contributed by atoms with Gasteiger partial charge in [-0.2, -0.15) is 0 Å². The molecule has 0 heterocycles. The summed E-state index contributed by atoms with van der Waals surface area (Å²) in [5.41, 5.74) is 0. The molecule has 0 radical (unpaired) electrons. The van der Waals surface area contributed by atoms with E-state index < -0.39 is 0 Å². The predicted molar refractivity (Wildman–Crippen MR) is 55.9 cm³/mol. The molecule has 0 amide bonds. The van der Waals surface area contributed by atoms with E-state index in [4.69, 9.17) is 12.2 Å². The van der Waals surface area contributed by atoms with Gasteiger partial charge in [0.15, 0.2) is 0 Å². The third-order valence-corrected chi connectivity index (χ3v) is 4.48. The fraction of sp³-hybridized carbons (Fsp3) is 0.909.